The van der Waals surface area contributed by atoms with Crippen molar-refractivity contribution in [3.63, 3.8) is 0 Å². The summed E-state index contributed by atoms with van der Waals surface area (Å²) in [7, 11) is 2.18. The van der Waals surface area contributed by atoms with Crippen molar-refractivity contribution < 1.29 is 8.81 Å². The molecule has 2 atom stereocenters. The van der Waals surface area contributed by atoms with Gasteiger partial charge in [-0.1, -0.05) is 13.8 Å². The van der Waals surface area contributed by atoms with Gasteiger partial charge in [0.1, 0.15) is 11.6 Å². The standard InChI is InChI=1S/C28H32FN7O2/c1-17-11-30-25(34-24(17)31-19-6-8-23-21(10-19)33-26(37)38-23)32-18-5-7-22(20(29)9-18)36-15-27(2)12-28(3,16-36)14-35(4)13-27/h5-11H,12-16H2,1-4H3,(H,33,37)(H2,30,31,32,34). The predicted molar refractivity (Wildman–Crippen MR) is 147 cm³/mol. The van der Waals surface area contributed by atoms with Gasteiger partial charge in [-0.25, -0.2) is 14.2 Å². The molecule has 2 unspecified atom stereocenters. The van der Waals surface area contributed by atoms with E-state index < -0.39 is 5.76 Å². The third-order valence-electron chi connectivity index (χ3n) is 7.50. The van der Waals surface area contributed by atoms with Crippen LogP contribution in [0.3, 0.4) is 0 Å². The van der Waals surface area contributed by atoms with E-state index in [1.807, 2.05) is 19.1 Å². The maximum Gasteiger partial charge on any atom is 0.417 e. The van der Waals surface area contributed by atoms with Crippen LogP contribution in [-0.2, 0) is 0 Å². The average Bonchev–Trinajstić information content (AvgIpc) is 3.18. The van der Waals surface area contributed by atoms with Gasteiger partial charge in [-0.2, -0.15) is 4.98 Å². The molecule has 2 saturated heterocycles. The molecule has 3 N–H and O–H groups in total. The van der Waals surface area contributed by atoms with Crippen molar-refractivity contribution >= 4 is 39.9 Å². The number of benzene rings is 2. The van der Waals surface area contributed by atoms with Crippen LogP contribution in [0.15, 0.2) is 51.8 Å². The zero-order valence-corrected chi connectivity index (χ0v) is 22.1. The zero-order valence-electron chi connectivity index (χ0n) is 22.1. The number of fused-ring (bicyclic) bond motifs is 3. The number of likely N-dealkylation sites (tertiary alicyclic amines) is 1. The third kappa shape index (κ3) is 4.71. The van der Waals surface area contributed by atoms with Gasteiger partial charge in [-0.15, -0.1) is 0 Å². The van der Waals surface area contributed by atoms with E-state index >= 15 is 4.39 Å². The molecule has 2 bridgehead atoms. The molecule has 2 aliphatic heterocycles. The first kappa shape index (κ1) is 24.4. The van der Waals surface area contributed by atoms with Gasteiger partial charge < -0.3 is 24.9 Å². The lowest BCUT2D eigenvalue weighted by Crippen LogP contribution is -2.61. The van der Waals surface area contributed by atoms with Gasteiger partial charge in [-0.3, -0.25) is 4.98 Å². The Morgan fingerprint density at radius 2 is 1.74 bits per heavy atom. The number of piperidine rings is 2. The summed E-state index contributed by atoms with van der Waals surface area (Å²) in [5.74, 6) is 0.178. The lowest BCUT2D eigenvalue weighted by molar-refractivity contribution is 0.00514. The molecule has 0 saturated carbocycles. The summed E-state index contributed by atoms with van der Waals surface area (Å²) in [4.78, 5) is 27.7. The molecule has 2 aromatic heterocycles. The molecule has 0 radical (unpaired) electrons. The fourth-order valence-electron chi connectivity index (χ4n) is 6.63. The molecule has 4 heterocycles. The maximum absolute atomic E-state index is 15.4. The lowest BCUT2D eigenvalue weighted by Gasteiger charge is -2.56. The number of nitrogens with zero attached hydrogens (tertiary/aromatic N) is 4. The highest BCUT2D eigenvalue weighted by Gasteiger charge is 2.47. The monoisotopic (exact) mass is 517 g/mol. The van der Waals surface area contributed by atoms with Crippen LogP contribution in [0.25, 0.3) is 11.1 Å². The van der Waals surface area contributed by atoms with E-state index in [9.17, 15) is 4.79 Å². The molecular formula is C28H32FN7O2. The highest BCUT2D eigenvalue weighted by atomic mass is 19.1. The Hall–Kier alpha value is -3.92. The highest BCUT2D eigenvalue weighted by molar-refractivity contribution is 5.78. The van der Waals surface area contributed by atoms with Crippen LogP contribution in [0.2, 0.25) is 0 Å². The fraction of sp³-hybridized carbons (Fsp3) is 0.393. The highest BCUT2D eigenvalue weighted by Crippen LogP contribution is 2.46. The summed E-state index contributed by atoms with van der Waals surface area (Å²) in [6, 6.07) is 10.5. The summed E-state index contributed by atoms with van der Waals surface area (Å²) < 4.78 is 20.5. The Balaban J connectivity index is 1.20. The van der Waals surface area contributed by atoms with Crippen LogP contribution in [0.5, 0.6) is 0 Å². The summed E-state index contributed by atoms with van der Waals surface area (Å²) in [5, 5.41) is 6.39. The maximum atomic E-state index is 15.4. The fourth-order valence-corrected chi connectivity index (χ4v) is 6.63. The van der Waals surface area contributed by atoms with E-state index in [2.05, 4.69) is 56.3 Å². The number of anilines is 5. The number of rotatable bonds is 5. The summed E-state index contributed by atoms with van der Waals surface area (Å²) in [5.41, 5.74) is 4.13. The van der Waals surface area contributed by atoms with E-state index in [1.54, 1.807) is 24.4 Å². The van der Waals surface area contributed by atoms with E-state index in [4.69, 9.17) is 4.42 Å². The van der Waals surface area contributed by atoms with Crippen molar-refractivity contribution in [1.82, 2.24) is 19.9 Å². The molecule has 0 amide bonds. The van der Waals surface area contributed by atoms with E-state index in [1.165, 1.54) is 6.07 Å². The molecule has 9 nitrogen and oxygen atoms in total. The number of hydrogen-bond acceptors (Lipinski definition) is 8. The Kier molecular flexibility index (Phi) is 5.68. The predicted octanol–water partition coefficient (Wildman–Crippen LogP) is 5.01. The Morgan fingerprint density at radius 3 is 2.47 bits per heavy atom. The average molecular weight is 518 g/mol. The largest absolute Gasteiger partial charge is 0.417 e. The molecule has 2 aromatic carbocycles. The van der Waals surface area contributed by atoms with Gasteiger partial charge in [0.15, 0.2) is 5.58 Å². The number of aromatic amines is 1. The molecular weight excluding hydrogens is 485 g/mol. The molecule has 4 aromatic rings. The molecule has 0 spiro atoms. The topological polar surface area (TPSA) is 102 Å². The first-order chi connectivity index (χ1) is 18.1. The number of oxazole rings is 1. The van der Waals surface area contributed by atoms with E-state index in [0.717, 1.165) is 43.9 Å². The van der Waals surface area contributed by atoms with E-state index in [0.29, 0.717) is 34.2 Å². The number of aromatic nitrogens is 3. The van der Waals surface area contributed by atoms with Crippen LogP contribution < -0.4 is 21.3 Å². The minimum Gasteiger partial charge on any atom is -0.408 e. The zero-order chi connectivity index (χ0) is 26.7. The number of aryl methyl sites for hydroxylation is 1. The minimum absolute atomic E-state index is 0.139. The molecule has 10 heteroatoms. The minimum atomic E-state index is -0.501. The van der Waals surface area contributed by atoms with Crippen molar-refractivity contribution in [3.05, 3.63) is 64.5 Å². The number of hydrogen-bond donors (Lipinski definition) is 3. The molecule has 0 aliphatic carbocycles. The van der Waals surface area contributed by atoms with E-state index in [-0.39, 0.29) is 16.6 Å². The normalized spacial score (nSPS) is 23.6. The Morgan fingerprint density at radius 1 is 1.03 bits per heavy atom. The number of nitrogens with one attached hydrogen (secondary N) is 3. The molecule has 198 valence electrons. The quantitative estimate of drug-likeness (QED) is 0.339. The van der Waals surface area contributed by atoms with Crippen LogP contribution >= 0.6 is 0 Å². The first-order valence-corrected chi connectivity index (χ1v) is 12.8. The summed E-state index contributed by atoms with van der Waals surface area (Å²) in [6.07, 6.45) is 2.86. The molecule has 6 rings (SSSR count). The van der Waals surface area contributed by atoms with Crippen molar-refractivity contribution in [2.75, 3.05) is 48.8 Å². The van der Waals surface area contributed by atoms with Gasteiger partial charge in [0.05, 0.1) is 11.2 Å². The molecule has 2 aliphatic rings. The summed E-state index contributed by atoms with van der Waals surface area (Å²) >= 11 is 0. The van der Waals surface area contributed by atoms with Crippen molar-refractivity contribution in [2.45, 2.75) is 27.2 Å². The van der Waals surface area contributed by atoms with Crippen LogP contribution in [0.4, 0.5) is 33.2 Å². The Labute approximate surface area is 220 Å². The van der Waals surface area contributed by atoms with Gasteiger partial charge in [0.2, 0.25) is 5.95 Å². The van der Waals surface area contributed by atoms with Crippen LogP contribution in [0, 0.1) is 23.6 Å². The van der Waals surface area contributed by atoms with Gasteiger partial charge >= 0.3 is 5.76 Å². The van der Waals surface area contributed by atoms with Crippen molar-refractivity contribution in [1.29, 1.82) is 0 Å². The number of H-pyrrole nitrogens is 1. The Bertz CT molecular complexity index is 1560. The second-order valence-electron chi connectivity index (χ2n) is 11.7. The van der Waals surface area contributed by atoms with Crippen molar-refractivity contribution in [2.24, 2.45) is 10.8 Å². The lowest BCUT2D eigenvalue weighted by atomic mass is 9.65. The number of halogens is 1. The second-order valence-corrected chi connectivity index (χ2v) is 11.7. The van der Waals surface area contributed by atoms with Gasteiger partial charge in [0.25, 0.3) is 0 Å². The molecule has 38 heavy (non-hydrogen) atoms. The van der Waals surface area contributed by atoms with Crippen LogP contribution in [0.1, 0.15) is 25.8 Å². The van der Waals surface area contributed by atoms with Crippen LogP contribution in [-0.4, -0.2) is 53.1 Å². The summed E-state index contributed by atoms with van der Waals surface area (Å²) in [6.45, 7) is 10.2. The molecule has 2 fully saturated rings. The van der Waals surface area contributed by atoms with Gasteiger partial charge in [-0.05, 0) is 67.6 Å². The first-order valence-electron chi connectivity index (χ1n) is 12.8. The van der Waals surface area contributed by atoms with Crippen molar-refractivity contribution in [3.8, 4) is 0 Å². The third-order valence-corrected chi connectivity index (χ3v) is 7.50. The second kappa shape index (κ2) is 8.83. The smallest absolute Gasteiger partial charge is 0.408 e. The SMILES string of the molecule is Cc1cnc(Nc2ccc(N3CC4(C)CN(C)CC(C)(C3)C4)c(F)c2)nc1Nc1ccc2oc(=O)[nH]c2c1. The van der Waals surface area contributed by atoms with Gasteiger partial charge in [0, 0.05) is 49.3 Å².